The van der Waals surface area contributed by atoms with Gasteiger partial charge in [-0.05, 0) is 43.2 Å². The van der Waals surface area contributed by atoms with Crippen molar-refractivity contribution in [3.8, 4) is 0 Å². The predicted molar refractivity (Wildman–Crippen MR) is 94.3 cm³/mol. The Morgan fingerprint density at radius 1 is 1.09 bits per heavy atom. The fourth-order valence-electron chi connectivity index (χ4n) is 2.79. The average molecular weight is 358 g/mol. The van der Waals surface area contributed by atoms with Crippen LogP contribution in [0.15, 0.2) is 34.8 Å². The molecule has 0 fully saturated rings. The van der Waals surface area contributed by atoms with Crippen molar-refractivity contribution in [1.82, 2.24) is 14.5 Å². The van der Waals surface area contributed by atoms with E-state index < -0.39 is 0 Å². The molecule has 0 spiro atoms. The maximum Gasteiger partial charge on any atom is 0.160 e. The van der Waals surface area contributed by atoms with Gasteiger partial charge in [-0.15, -0.1) is 0 Å². The molecular formula is C18H20BrN3. The van der Waals surface area contributed by atoms with Gasteiger partial charge in [-0.25, -0.2) is 9.97 Å². The van der Waals surface area contributed by atoms with Gasteiger partial charge >= 0.3 is 0 Å². The second kappa shape index (κ2) is 5.84. The molecule has 0 aliphatic heterocycles. The van der Waals surface area contributed by atoms with Gasteiger partial charge in [0.25, 0.3) is 0 Å². The Morgan fingerprint density at radius 3 is 2.41 bits per heavy atom. The predicted octanol–water partition coefficient (Wildman–Crippen LogP) is 4.98. The van der Waals surface area contributed by atoms with E-state index in [4.69, 9.17) is 9.97 Å². The molecule has 0 saturated carbocycles. The number of benzene rings is 1. The van der Waals surface area contributed by atoms with E-state index in [1.54, 1.807) is 0 Å². The van der Waals surface area contributed by atoms with Crippen molar-refractivity contribution in [3.63, 3.8) is 0 Å². The summed E-state index contributed by atoms with van der Waals surface area (Å²) in [6.45, 7) is 9.31. The Balaban J connectivity index is 2.17. The molecule has 22 heavy (non-hydrogen) atoms. The highest BCUT2D eigenvalue weighted by atomic mass is 79.9. The normalized spacial score (nSPS) is 11.5. The van der Waals surface area contributed by atoms with Gasteiger partial charge in [0.2, 0.25) is 0 Å². The third-order valence-corrected chi connectivity index (χ3v) is 4.35. The number of imidazole rings is 1. The lowest BCUT2D eigenvalue weighted by Crippen LogP contribution is -2.07. The highest BCUT2D eigenvalue weighted by molar-refractivity contribution is 9.10. The van der Waals surface area contributed by atoms with E-state index in [1.165, 1.54) is 11.1 Å². The van der Waals surface area contributed by atoms with Crippen LogP contribution in [0.25, 0.3) is 11.2 Å². The molecule has 2 aromatic heterocycles. The number of hydrogen-bond acceptors (Lipinski definition) is 2. The van der Waals surface area contributed by atoms with E-state index in [1.807, 2.05) is 6.92 Å². The number of nitrogens with zero attached hydrogens (tertiary/aromatic N) is 3. The molecule has 0 atom stereocenters. The fraction of sp³-hybridized carbons (Fsp3) is 0.333. The van der Waals surface area contributed by atoms with Crippen molar-refractivity contribution in [2.75, 3.05) is 0 Å². The van der Waals surface area contributed by atoms with Crippen molar-refractivity contribution < 1.29 is 0 Å². The van der Waals surface area contributed by atoms with Crippen LogP contribution in [0.2, 0.25) is 0 Å². The second-order valence-electron chi connectivity index (χ2n) is 6.09. The van der Waals surface area contributed by atoms with Crippen LogP contribution in [-0.2, 0) is 6.54 Å². The minimum absolute atomic E-state index is 0.365. The summed E-state index contributed by atoms with van der Waals surface area (Å²) < 4.78 is 3.35. The highest BCUT2D eigenvalue weighted by Crippen LogP contribution is 2.25. The molecule has 0 saturated heterocycles. The van der Waals surface area contributed by atoms with Crippen LogP contribution >= 0.6 is 15.9 Å². The quantitative estimate of drug-likeness (QED) is 0.661. The van der Waals surface area contributed by atoms with E-state index in [2.05, 4.69) is 71.6 Å². The summed E-state index contributed by atoms with van der Waals surface area (Å²) >= 11 is 3.49. The molecule has 0 N–H and O–H groups in total. The first kappa shape index (κ1) is 15.2. The Hall–Kier alpha value is -1.68. The standard InChI is InChI=1S/C18H20BrN3/c1-11(2)17-21-16-12(3)9-13(4)20-18(16)22(17)10-14-5-7-15(19)8-6-14/h5-9,11H,10H2,1-4H3. The lowest BCUT2D eigenvalue weighted by atomic mass is 10.2. The number of aromatic nitrogens is 3. The van der Waals surface area contributed by atoms with Crippen LogP contribution in [0.4, 0.5) is 0 Å². The SMILES string of the molecule is Cc1cc(C)c2nc(C(C)C)n(Cc3ccc(Br)cc3)c2n1. The molecule has 0 aliphatic rings. The van der Waals surface area contributed by atoms with Crippen LogP contribution in [0.5, 0.6) is 0 Å². The summed E-state index contributed by atoms with van der Waals surface area (Å²) in [5.41, 5.74) is 5.50. The van der Waals surface area contributed by atoms with E-state index >= 15 is 0 Å². The van der Waals surface area contributed by atoms with Gasteiger partial charge in [0.1, 0.15) is 11.3 Å². The molecule has 114 valence electrons. The third-order valence-electron chi connectivity index (χ3n) is 3.82. The molecule has 0 bridgehead atoms. The minimum Gasteiger partial charge on any atom is -0.308 e. The number of aryl methyl sites for hydroxylation is 2. The van der Waals surface area contributed by atoms with Crippen molar-refractivity contribution in [1.29, 1.82) is 0 Å². The Kier molecular flexibility index (Phi) is 4.04. The van der Waals surface area contributed by atoms with Crippen LogP contribution in [0, 0.1) is 13.8 Å². The molecule has 0 amide bonds. The van der Waals surface area contributed by atoms with Gasteiger partial charge < -0.3 is 4.57 Å². The van der Waals surface area contributed by atoms with Crippen molar-refractivity contribution >= 4 is 27.1 Å². The molecule has 0 unspecified atom stereocenters. The van der Waals surface area contributed by atoms with Gasteiger partial charge in [0.15, 0.2) is 5.65 Å². The first-order valence-electron chi connectivity index (χ1n) is 7.54. The zero-order chi connectivity index (χ0) is 15.9. The highest BCUT2D eigenvalue weighted by Gasteiger charge is 2.16. The summed E-state index contributed by atoms with van der Waals surface area (Å²) in [5.74, 6) is 1.46. The molecule has 0 radical (unpaired) electrons. The first-order valence-corrected chi connectivity index (χ1v) is 8.34. The van der Waals surface area contributed by atoms with Gasteiger partial charge in [-0.1, -0.05) is 41.9 Å². The summed E-state index contributed by atoms with van der Waals surface area (Å²) in [6.07, 6.45) is 0. The third kappa shape index (κ3) is 2.80. The Labute approximate surface area is 139 Å². The summed E-state index contributed by atoms with van der Waals surface area (Å²) in [7, 11) is 0. The van der Waals surface area contributed by atoms with E-state index in [0.717, 1.165) is 33.7 Å². The van der Waals surface area contributed by atoms with Crippen LogP contribution < -0.4 is 0 Å². The minimum atomic E-state index is 0.365. The molecular weight excluding hydrogens is 338 g/mol. The molecule has 0 aliphatic carbocycles. The zero-order valence-corrected chi connectivity index (χ0v) is 15.0. The molecule has 1 aromatic carbocycles. The molecule has 3 aromatic rings. The summed E-state index contributed by atoms with van der Waals surface area (Å²) in [6, 6.07) is 10.5. The Bertz CT molecular complexity index is 816. The maximum absolute atomic E-state index is 4.86. The lowest BCUT2D eigenvalue weighted by Gasteiger charge is -2.11. The van der Waals surface area contributed by atoms with Crippen molar-refractivity contribution in [3.05, 3.63) is 57.4 Å². The van der Waals surface area contributed by atoms with Crippen molar-refractivity contribution in [2.24, 2.45) is 0 Å². The topological polar surface area (TPSA) is 30.7 Å². The largest absolute Gasteiger partial charge is 0.308 e. The molecule has 3 nitrogen and oxygen atoms in total. The number of halogens is 1. The molecule has 3 rings (SSSR count). The van der Waals surface area contributed by atoms with E-state index in [0.29, 0.717) is 5.92 Å². The Morgan fingerprint density at radius 2 is 1.77 bits per heavy atom. The molecule has 2 heterocycles. The average Bonchev–Trinajstić information content (AvgIpc) is 2.81. The maximum atomic E-state index is 4.86. The number of rotatable bonds is 3. The summed E-state index contributed by atoms with van der Waals surface area (Å²) in [4.78, 5) is 9.60. The number of fused-ring (bicyclic) bond motifs is 1. The number of pyridine rings is 1. The van der Waals surface area contributed by atoms with Crippen molar-refractivity contribution in [2.45, 2.75) is 40.2 Å². The fourth-order valence-corrected chi connectivity index (χ4v) is 3.05. The van der Waals surface area contributed by atoms with Gasteiger partial charge in [-0.3, -0.25) is 0 Å². The van der Waals surface area contributed by atoms with Gasteiger partial charge in [-0.2, -0.15) is 0 Å². The van der Waals surface area contributed by atoms with Crippen LogP contribution in [0.3, 0.4) is 0 Å². The zero-order valence-electron chi connectivity index (χ0n) is 13.4. The monoisotopic (exact) mass is 357 g/mol. The van der Waals surface area contributed by atoms with Gasteiger partial charge in [0, 0.05) is 16.1 Å². The lowest BCUT2D eigenvalue weighted by molar-refractivity contribution is 0.679. The first-order chi connectivity index (χ1) is 10.5. The smallest absolute Gasteiger partial charge is 0.160 e. The van der Waals surface area contributed by atoms with E-state index in [-0.39, 0.29) is 0 Å². The number of hydrogen-bond donors (Lipinski definition) is 0. The van der Waals surface area contributed by atoms with Crippen LogP contribution in [0.1, 0.15) is 42.4 Å². The van der Waals surface area contributed by atoms with E-state index in [9.17, 15) is 0 Å². The second-order valence-corrected chi connectivity index (χ2v) is 7.01. The van der Waals surface area contributed by atoms with Gasteiger partial charge in [0.05, 0.1) is 6.54 Å². The molecule has 4 heteroatoms. The van der Waals surface area contributed by atoms with Crippen LogP contribution in [-0.4, -0.2) is 14.5 Å². The summed E-state index contributed by atoms with van der Waals surface area (Å²) in [5, 5.41) is 0.